The Kier molecular flexibility index (Phi) is 4.62. The minimum absolute atomic E-state index is 0.0409. The second kappa shape index (κ2) is 6.55. The normalized spacial score (nSPS) is 22.1. The van der Waals surface area contributed by atoms with Crippen molar-refractivity contribution < 1.29 is 22.7 Å². The molecule has 1 aliphatic heterocycles. The molecule has 1 aromatic carbocycles. The molecule has 2 fully saturated rings. The molecule has 130 valence electrons. The average Bonchev–Trinajstić information content (AvgIpc) is 3.29. The summed E-state index contributed by atoms with van der Waals surface area (Å²) in [7, 11) is -3.04. The number of ketones is 1. The van der Waals surface area contributed by atoms with Crippen molar-refractivity contribution in [3.8, 4) is 5.75 Å². The number of sulfone groups is 1. The van der Waals surface area contributed by atoms with E-state index in [0.29, 0.717) is 17.7 Å². The zero-order valence-electron chi connectivity index (χ0n) is 13.6. The summed E-state index contributed by atoms with van der Waals surface area (Å²) in [5, 5.41) is 0. The monoisotopic (exact) mass is 351 g/mol. The summed E-state index contributed by atoms with van der Waals surface area (Å²) >= 11 is 0. The van der Waals surface area contributed by atoms with Crippen molar-refractivity contribution in [3.05, 3.63) is 29.8 Å². The molecule has 1 heterocycles. The van der Waals surface area contributed by atoms with E-state index in [-0.39, 0.29) is 41.9 Å². The van der Waals surface area contributed by atoms with E-state index in [2.05, 4.69) is 0 Å². The van der Waals surface area contributed by atoms with Gasteiger partial charge < -0.3 is 9.64 Å². The molecule has 24 heavy (non-hydrogen) atoms. The topological polar surface area (TPSA) is 80.8 Å². The highest BCUT2D eigenvalue weighted by molar-refractivity contribution is 7.91. The van der Waals surface area contributed by atoms with Gasteiger partial charge in [-0.25, -0.2) is 8.42 Å². The van der Waals surface area contributed by atoms with Crippen LogP contribution in [-0.2, 0) is 14.6 Å². The van der Waals surface area contributed by atoms with Crippen LogP contribution < -0.4 is 4.74 Å². The minimum atomic E-state index is -3.04. The number of benzene rings is 1. The van der Waals surface area contributed by atoms with Gasteiger partial charge in [-0.15, -0.1) is 0 Å². The van der Waals surface area contributed by atoms with Gasteiger partial charge in [0.25, 0.3) is 5.91 Å². The first-order valence-corrected chi connectivity index (χ1v) is 9.94. The van der Waals surface area contributed by atoms with Crippen molar-refractivity contribution in [2.75, 3.05) is 18.1 Å². The maximum absolute atomic E-state index is 12.6. The summed E-state index contributed by atoms with van der Waals surface area (Å²) in [6.45, 7) is 1.27. The van der Waals surface area contributed by atoms with Gasteiger partial charge in [0, 0.05) is 12.1 Å². The van der Waals surface area contributed by atoms with Crippen LogP contribution in [0.5, 0.6) is 5.75 Å². The number of hydrogen-bond acceptors (Lipinski definition) is 5. The molecule has 0 bridgehead atoms. The molecule has 1 aromatic rings. The first-order chi connectivity index (χ1) is 11.4. The van der Waals surface area contributed by atoms with Gasteiger partial charge in [0.05, 0.1) is 17.1 Å². The van der Waals surface area contributed by atoms with Crippen LogP contribution in [0.3, 0.4) is 0 Å². The first kappa shape index (κ1) is 17.0. The fraction of sp³-hybridized carbons (Fsp3) is 0.529. The van der Waals surface area contributed by atoms with E-state index in [0.717, 1.165) is 12.8 Å². The number of para-hydroxylation sites is 1. The molecule has 6 nitrogen and oxygen atoms in total. The van der Waals surface area contributed by atoms with E-state index in [1.54, 1.807) is 29.2 Å². The van der Waals surface area contributed by atoms with Crippen molar-refractivity contribution in [1.29, 1.82) is 0 Å². The Bertz CT molecular complexity index is 754. The zero-order chi connectivity index (χ0) is 17.3. The van der Waals surface area contributed by atoms with E-state index in [4.69, 9.17) is 4.74 Å². The number of rotatable bonds is 6. The number of carbonyl (C=O) groups excluding carboxylic acids is 2. The number of Topliss-reactive ketones (excluding diaryl/α,β-unsaturated/α-hetero) is 1. The SMILES string of the molecule is CC(=O)c1ccccc1OCC(=O)N(C1CC1)[C@H]1CCS(=O)(=O)C1. The summed E-state index contributed by atoms with van der Waals surface area (Å²) in [6.07, 6.45) is 2.31. The molecule has 7 heteroatoms. The van der Waals surface area contributed by atoms with E-state index < -0.39 is 9.84 Å². The Labute approximate surface area is 141 Å². The highest BCUT2D eigenvalue weighted by Gasteiger charge is 2.42. The highest BCUT2D eigenvalue weighted by Crippen LogP contribution is 2.32. The van der Waals surface area contributed by atoms with Gasteiger partial charge in [-0.3, -0.25) is 9.59 Å². The van der Waals surface area contributed by atoms with Crippen LogP contribution in [0.2, 0.25) is 0 Å². The molecule has 1 saturated heterocycles. The second-order valence-electron chi connectivity index (χ2n) is 6.43. The number of nitrogens with zero attached hydrogens (tertiary/aromatic N) is 1. The molecule has 0 aromatic heterocycles. The second-order valence-corrected chi connectivity index (χ2v) is 8.66. The molecule has 1 aliphatic carbocycles. The lowest BCUT2D eigenvalue weighted by Crippen LogP contribution is -2.45. The van der Waals surface area contributed by atoms with Gasteiger partial charge >= 0.3 is 0 Å². The van der Waals surface area contributed by atoms with Crippen molar-refractivity contribution in [2.45, 2.75) is 38.3 Å². The Morgan fingerprint density at radius 2 is 1.88 bits per heavy atom. The molecule has 1 atom stereocenters. The standard InChI is InChI=1S/C17H21NO5S/c1-12(19)15-4-2-3-5-16(15)23-10-17(20)18(13-6-7-13)14-8-9-24(21,22)11-14/h2-5,13-14H,6-11H2,1H3/t14-/m0/s1. The molecule has 0 radical (unpaired) electrons. The quantitative estimate of drug-likeness (QED) is 0.725. The lowest BCUT2D eigenvalue weighted by atomic mass is 10.1. The number of ether oxygens (including phenoxy) is 1. The van der Waals surface area contributed by atoms with Gasteiger partial charge in [0.1, 0.15) is 5.75 Å². The number of amides is 1. The molecule has 1 saturated carbocycles. The molecule has 1 amide bonds. The third-order valence-electron chi connectivity index (χ3n) is 4.45. The third-order valence-corrected chi connectivity index (χ3v) is 6.20. The van der Waals surface area contributed by atoms with Crippen molar-refractivity contribution in [1.82, 2.24) is 4.90 Å². The van der Waals surface area contributed by atoms with Crippen LogP contribution in [-0.4, -0.2) is 55.2 Å². The van der Waals surface area contributed by atoms with Crippen molar-refractivity contribution >= 4 is 21.5 Å². The zero-order valence-corrected chi connectivity index (χ0v) is 14.4. The summed E-state index contributed by atoms with van der Waals surface area (Å²) in [6, 6.07) is 6.68. The number of carbonyl (C=O) groups is 2. The largest absolute Gasteiger partial charge is 0.483 e. The summed E-state index contributed by atoms with van der Waals surface area (Å²) in [4.78, 5) is 25.9. The van der Waals surface area contributed by atoms with Gasteiger partial charge in [0.15, 0.2) is 22.2 Å². The van der Waals surface area contributed by atoms with E-state index in [1.807, 2.05) is 0 Å². The van der Waals surface area contributed by atoms with Gasteiger partial charge in [-0.2, -0.15) is 0 Å². The molecule has 3 rings (SSSR count). The Morgan fingerprint density at radius 3 is 2.46 bits per heavy atom. The lowest BCUT2D eigenvalue weighted by Gasteiger charge is -2.28. The fourth-order valence-corrected chi connectivity index (χ4v) is 4.86. The highest BCUT2D eigenvalue weighted by atomic mass is 32.2. The Balaban J connectivity index is 1.68. The summed E-state index contributed by atoms with van der Waals surface area (Å²) < 4.78 is 29.0. The number of hydrogen-bond donors (Lipinski definition) is 0. The maximum Gasteiger partial charge on any atom is 0.261 e. The fourth-order valence-electron chi connectivity index (χ4n) is 3.15. The first-order valence-electron chi connectivity index (χ1n) is 8.12. The predicted molar refractivity (Wildman–Crippen MR) is 88.9 cm³/mol. The van der Waals surface area contributed by atoms with Crippen LogP contribution in [0, 0.1) is 0 Å². The maximum atomic E-state index is 12.6. The van der Waals surface area contributed by atoms with Gasteiger partial charge in [-0.1, -0.05) is 12.1 Å². The molecule has 2 aliphatic rings. The Morgan fingerprint density at radius 1 is 1.17 bits per heavy atom. The van der Waals surface area contributed by atoms with Crippen molar-refractivity contribution in [2.24, 2.45) is 0 Å². The summed E-state index contributed by atoms with van der Waals surface area (Å²) in [5.74, 6) is 0.228. The molecule has 0 spiro atoms. The van der Waals surface area contributed by atoms with Gasteiger partial charge in [-0.05, 0) is 38.3 Å². The van der Waals surface area contributed by atoms with Crippen molar-refractivity contribution in [3.63, 3.8) is 0 Å². The van der Waals surface area contributed by atoms with Gasteiger partial charge in [0.2, 0.25) is 0 Å². The third kappa shape index (κ3) is 3.77. The molecule has 0 N–H and O–H groups in total. The Hall–Kier alpha value is -1.89. The predicted octanol–water partition coefficient (Wildman–Crippen LogP) is 1.45. The lowest BCUT2D eigenvalue weighted by molar-refractivity contribution is -0.135. The van der Waals surface area contributed by atoms with E-state index in [1.165, 1.54) is 6.92 Å². The summed E-state index contributed by atoms with van der Waals surface area (Å²) in [5.41, 5.74) is 0.437. The molecule has 0 unspecified atom stereocenters. The van der Waals surface area contributed by atoms with E-state index in [9.17, 15) is 18.0 Å². The van der Waals surface area contributed by atoms with E-state index >= 15 is 0 Å². The van der Waals surface area contributed by atoms with Crippen LogP contribution in [0.15, 0.2) is 24.3 Å². The van der Waals surface area contributed by atoms with Crippen LogP contribution in [0.25, 0.3) is 0 Å². The smallest absolute Gasteiger partial charge is 0.261 e. The van der Waals surface area contributed by atoms with Crippen LogP contribution in [0.1, 0.15) is 36.5 Å². The van der Waals surface area contributed by atoms with Crippen LogP contribution >= 0.6 is 0 Å². The minimum Gasteiger partial charge on any atom is -0.483 e. The van der Waals surface area contributed by atoms with Crippen LogP contribution in [0.4, 0.5) is 0 Å². The average molecular weight is 351 g/mol. The molecular formula is C17H21NO5S. The molecular weight excluding hydrogens is 330 g/mol.